The lowest BCUT2D eigenvalue weighted by Crippen LogP contribution is -2.57. The molecule has 5 nitrogen and oxygen atoms in total. The van der Waals surface area contributed by atoms with Crippen LogP contribution in [0.4, 0.5) is 0 Å². The minimum Gasteiger partial charge on any atom is -0.313 e. The zero-order valence-electron chi connectivity index (χ0n) is 10.1. The summed E-state index contributed by atoms with van der Waals surface area (Å²) in [5.74, 6) is 0. The molecule has 19 heavy (non-hydrogen) atoms. The maximum Gasteiger partial charge on any atom is 0.244 e. The highest BCUT2D eigenvalue weighted by Gasteiger charge is 2.32. The lowest BCUT2D eigenvalue weighted by Gasteiger charge is -2.34. The molecule has 1 aliphatic heterocycles. The van der Waals surface area contributed by atoms with E-state index in [0.717, 1.165) is 0 Å². The van der Waals surface area contributed by atoms with Crippen molar-refractivity contribution in [3.05, 3.63) is 28.8 Å². The average molecular weight is 322 g/mol. The summed E-state index contributed by atoms with van der Waals surface area (Å²) in [5.41, 5.74) is 0.340. The Labute approximate surface area is 123 Å². The molecule has 0 bridgehead atoms. The molecule has 1 aliphatic rings. The van der Waals surface area contributed by atoms with Gasteiger partial charge in [0.15, 0.2) is 0 Å². The molecule has 1 aromatic rings. The molecule has 2 rings (SSSR count). The van der Waals surface area contributed by atoms with E-state index in [1.807, 2.05) is 6.07 Å². The fourth-order valence-electron chi connectivity index (χ4n) is 1.66. The topological polar surface area (TPSA) is 73.2 Å². The second-order valence-corrected chi connectivity index (χ2v) is 6.46. The Hall–Kier alpha value is -0.840. The first-order chi connectivity index (χ1) is 8.46. The molecular formula is C11H13Cl2N3O2S. The maximum atomic E-state index is 12.3. The lowest BCUT2D eigenvalue weighted by atomic mass is 10.2. The van der Waals surface area contributed by atoms with Gasteiger partial charge in [0.05, 0.1) is 16.7 Å². The second-order valence-electron chi connectivity index (χ2n) is 4.09. The predicted octanol–water partition coefficient (Wildman–Crippen LogP) is 1.23. The Morgan fingerprint density at radius 2 is 2.11 bits per heavy atom. The van der Waals surface area contributed by atoms with Crippen LogP contribution in [0.1, 0.15) is 5.56 Å². The first kappa shape index (κ1) is 16.2. The Morgan fingerprint density at radius 3 is 2.53 bits per heavy atom. The maximum absolute atomic E-state index is 12.3. The third-order valence-electron chi connectivity index (χ3n) is 2.99. The minimum atomic E-state index is -3.60. The van der Waals surface area contributed by atoms with Crippen molar-refractivity contribution in [1.82, 2.24) is 9.62 Å². The van der Waals surface area contributed by atoms with Crippen LogP contribution in [0.5, 0.6) is 0 Å². The van der Waals surface area contributed by atoms with Crippen LogP contribution >= 0.6 is 24.0 Å². The normalized spacial score (nSPS) is 15.5. The van der Waals surface area contributed by atoms with Crippen molar-refractivity contribution in [3.63, 3.8) is 0 Å². The molecular weight excluding hydrogens is 309 g/mol. The zero-order valence-corrected chi connectivity index (χ0v) is 12.5. The van der Waals surface area contributed by atoms with Crippen LogP contribution < -0.4 is 5.32 Å². The van der Waals surface area contributed by atoms with Crippen LogP contribution in [0.2, 0.25) is 5.02 Å². The SMILES string of the molecule is CN(C1CNC1)S(=O)(=O)c1ccc(C#N)cc1Cl.Cl. The van der Waals surface area contributed by atoms with E-state index in [1.165, 1.54) is 29.6 Å². The van der Waals surface area contributed by atoms with E-state index < -0.39 is 10.0 Å². The van der Waals surface area contributed by atoms with Gasteiger partial charge >= 0.3 is 0 Å². The molecule has 1 heterocycles. The zero-order chi connectivity index (χ0) is 13.3. The Kier molecular flexibility index (Phi) is 5.18. The molecule has 0 atom stereocenters. The van der Waals surface area contributed by atoms with Crippen LogP contribution in [0.25, 0.3) is 0 Å². The molecule has 104 valence electrons. The molecule has 1 fully saturated rings. The largest absolute Gasteiger partial charge is 0.313 e. The van der Waals surface area contributed by atoms with Crippen LogP contribution in [0.3, 0.4) is 0 Å². The highest BCUT2D eigenvalue weighted by molar-refractivity contribution is 7.89. The van der Waals surface area contributed by atoms with Crippen molar-refractivity contribution in [2.24, 2.45) is 0 Å². The van der Waals surface area contributed by atoms with Gasteiger partial charge in [0.2, 0.25) is 10.0 Å². The van der Waals surface area contributed by atoms with E-state index in [9.17, 15) is 8.42 Å². The minimum absolute atomic E-state index is 0. The summed E-state index contributed by atoms with van der Waals surface area (Å²) in [6.45, 7) is 1.28. The second kappa shape index (κ2) is 6.07. The number of benzene rings is 1. The summed E-state index contributed by atoms with van der Waals surface area (Å²) in [5, 5.41) is 11.8. The van der Waals surface area contributed by atoms with Crippen LogP contribution in [-0.2, 0) is 10.0 Å². The fraction of sp³-hybridized carbons (Fsp3) is 0.364. The number of hydrogen-bond acceptors (Lipinski definition) is 4. The molecule has 0 spiro atoms. The molecule has 0 amide bonds. The number of rotatable bonds is 3. The van der Waals surface area contributed by atoms with Crippen molar-refractivity contribution in [1.29, 1.82) is 5.26 Å². The molecule has 0 aromatic heterocycles. The van der Waals surface area contributed by atoms with Gasteiger partial charge in [-0.1, -0.05) is 11.6 Å². The average Bonchev–Trinajstić information content (AvgIpc) is 2.26. The van der Waals surface area contributed by atoms with Crippen molar-refractivity contribution in [2.75, 3.05) is 20.1 Å². The molecule has 1 aromatic carbocycles. The van der Waals surface area contributed by atoms with Crippen molar-refractivity contribution < 1.29 is 8.42 Å². The monoisotopic (exact) mass is 321 g/mol. The molecule has 0 aliphatic carbocycles. The van der Waals surface area contributed by atoms with Gasteiger partial charge in [-0.3, -0.25) is 0 Å². The van der Waals surface area contributed by atoms with E-state index in [1.54, 1.807) is 0 Å². The van der Waals surface area contributed by atoms with Gasteiger partial charge in [0.1, 0.15) is 4.90 Å². The van der Waals surface area contributed by atoms with Gasteiger partial charge in [-0.25, -0.2) is 8.42 Å². The molecule has 0 saturated carbocycles. The van der Waals surface area contributed by atoms with Gasteiger partial charge in [0.25, 0.3) is 0 Å². The van der Waals surface area contributed by atoms with Gasteiger partial charge < -0.3 is 5.32 Å². The quantitative estimate of drug-likeness (QED) is 0.908. The molecule has 1 saturated heterocycles. The van der Waals surface area contributed by atoms with Crippen molar-refractivity contribution in [2.45, 2.75) is 10.9 Å². The number of halogens is 2. The molecule has 8 heteroatoms. The smallest absolute Gasteiger partial charge is 0.244 e. The van der Waals surface area contributed by atoms with Gasteiger partial charge in [-0.15, -0.1) is 12.4 Å². The predicted molar refractivity (Wildman–Crippen MR) is 75.0 cm³/mol. The van der Waals surface area contributed by atoms with Crippen LogP contribution in [-0.4, -0.2) is 38.9 Å². The molecule has 1 N–H and O–H groups in total. The van der Waals surface area contributed by atoms with E-state index in [4.69, 9.17) is 16.9 Å². The van der Waals surface area contributed by atoms with E-state index in [2.05, 4.69) is 5.32 Å². The highest BCUT2D eigenvalue weighted by Crippen LogP contribution is 2.26. The molecule has 0 radical (unpaired) electrons. The van der Waals surface area contributed by atoms with Crippen LogP contribution in [0.15, 0.2) is 23.1 Å². The Balaban J connectivity index is 0.00000180. The third-order valence-corrected chi connectivity index (χ3v) is 5.39. The van der Waals surface area contributed by atoms with E-state index in [-0.39, 0.29) is 28.4 Å². The fourth-order valence-corrected chi connectivity index (χ4v) is 3.53. The number of likely N-dealkylation sites (N-methyl/N-ethyl adjacent to an activating group) is 1. The van der Waals surface area contributed by atoms with E-state index in [0.29, 0.717) is 18.7 Å². The van der Waals surface area contributed by atoms with Crippen molar-refractivity contribution in [3.8, 4) is 6.07 Å². The Morgan fingerprint density at radius 1 is 1.47 bits per heavy atom. The number of nitrogens with zero attached hydrogens (tertiary/aromatic N) is 2. The number of nitrogens with one attached hydrogen (secondary N) is 1. The van der Waals surface area contributed by atoms with E-state index >= 15 is 0 Å². The number of sulfonamides is 1. The summed E-state index contributed by atoms with van der Waals surface area (Å²) in [7, 11) is -2.07. The highest BCUT2D eigenvalue weighted by atomic mass is 35.5. The first-order valence-corrected chi connectivity index (χ1v) is 7.17. The summed E-state index contributed by atoms with van der Waals surface area (Å²) in [6.07, 6.45) is 0. The number of hydrogen-bond donors (Lipinski definition) is 1. The summed E-state index contributed by atoms with van der Waals surface area (Å²) in [6, 6.07) is 6.06. The first-order valence-electron chi connectivity index (χ1n) is 5.35. The van der Waals surface area contributed by atoms with Gasteiger partial charge in [0, 0.05) is 26.2 Å². The van der Waals surface area contributed by atoms with Crippen molar-refractivity contribution >= 4 is 34.0 Å². The van der Waals surface area contributed by atoms with Gasteiger partial charge in [-0.2, -0.15) is 9.57 Å². The number of nitriles is 1. The molecule has 0 unspecified atom stereocenters. The lowest BCUT2D eigenvalue weighted by molar-refractivity contribution is 0.274. The third kappa shape index (κ3) is 3.02. The van der Waals surface area contributed by atoms with Gasteiger partial charge in [-0.05, 0) is 18.2 Å². The Bertz CT molecular complexity index is 609. The summed E-state index contributed by atoms with van der Waals surface area (Å²) >= 11 is 5.93. The summed E-state index contributed by atoms with van der Waals surface area (Å²) in [4.78, 5) is 0.0394. The van der Waals surface area contributed by atoms with Crippen LogP contribution in [0, 0.1) is 11.3 Å². The standard InChI is InChI=1S/C11H12ClN3O2S.ClH/c1-15(9-6-14-7-9)18(16,17)11-3-2-8(5-13)4-10(11)12;/h2-4,9,14H,6-7H2,1H3;1H. The summed E-state index contributed by atoms with van der Waals surface area (Å²) < 4.78 is 26.0.